The van der Waals surface area contributed by atoms with Crippen molar-refractivity contribution in [2.45, 2.75) is 39.0 Å². The summed E-state index contributed by atoms with van der Waals surface area (Å²) in [4.78, 5) is 0. The molecule has 90 valence electrons. The van der Waals surface area contributed by atoms with Crippen molar-refractivity contribution < 1.29 is 4.74 Å². The molecule has 1 aromatic rings. The van der Waals surface area contributed by atoms with Gasteiger partial charge in [0, 0.05) is 5.88 Å². The van der Waals surface area contributed by atoms with Crippen LogP contribution in [0.2, 0.25) is 0 Å². The van der Waals surface area contributed by atoms with Gasteiger partial charge in [0.1, 0.15) is 5.75 Å². The van der Waals surface area contributed by atoms with Crippen LogP contribution in [0.4, 0.5) is 0 Å². The fourth-order valence-electron chi connectivity index (χ4n) is 1.57. The van der Waals surface area contributed by atoms with E-state index >= 15 is 0 Å². The van der Waals surface area contributed by atoms with Crippen molar-refractivity contribution in [3.05, 3.63) is 29.8 Å². The molecule has 1 rings (SSSR count). The SMILES string of the molecule is CCCCCOc1ccc(CCCCl)cc1. The topological polar surface area (TPSA) is 9.23 Å². The van der Waals surface area contributed by atoms with Crippen molar-refractivity contribution in [1.29, 1.82) is 0 Å². The first kappa shape index (κ1) is 13.4. The Morgan fingerprint density at radius 2 is 1.81 bits per heavy atom. The predicted octanol–water partition coefficient (Wildman–Crippen LogP) is 4.43. The predicted molar refractivity (Wildman–Crippen MR) is 70.5 cm³/mol. The monoisotopic (exact) mass is 240 g/mol. The van der Waals surface area contributed by atoms with Gasteiger partial charge >= 0.3 is 0 Å². The zero-order valence-electron chi connectivity index (χ0n) is 10.0. The maximum atomic E-state index is 5.66. The molecule has 0 aliphatic carbocycles. The van der Waals surface area contributed by atoms with E-state index in [-0.39, 0.29) is 0 Å². The first-order valence-electron chi connectivity index (χ1n) is 6.14. The molecule has 1 aromatic carbocycles. The van der Waals surface area contributed by atoms with Crippen LogP contribution in [0, 0.1) is 0 Å². The van der Waals surface area contributed by atoms with Gasteiger partial charge in [0.05, 0.1) is 6.61 Å². The Kier molecular flexibility index (Phi) is 7.07. The van der Waals surface area contributed by atoms with Crippen molar-refractivity contribution in [2.75, 3.05) is 12.5 Å². The minimum Gasteiger partial charge on any atom is -0.494 e. The van der Waals surface area contributed by atoms with Gasteiger partial charge in [-0.1, -0.05) is 31.9 Å². The Hall–Kier alpha value is -0.690. The second kappa shape index (κ2) is 8.46. The van der Waals surface area contributed by atoms with Gasteiger partial charge in [0.25, 0.3) is 0 Å². The van der Waals surface area contributed by atoms with Crippen LogP contribution in [0.3, 0.4) is 0 Å². The van der Waals surface area contributed by atoms with Gasteiger partial charge in [-0.05, 0) is 37.0 Å². The second-order valence-electron chi connectivity index (χ2n) is 3.99. The average Bonchev–Trinajstić information content (AvgIpc) is 2.33. The van der Waals surface area contributed by atoms with Gasteiger partial charge in [0.15, 0.2) is 0 Å². The van der Waals surface area contributed by atoms with Crippen molar-refractivity contribution in [2.24, 2.45) is 0 Å². The molecule has 1 nitrogen and oxygen atoms in total. The lowest BCUT2D eigenvalue weighted by Gasteiger charge is -2.06. The number of benzene rings is 1. The molecule has 0 saturated heterocycles. The Bertz CT molecular complexity index is 269. The van der Waals surface area contributed by atoms with Crippen LogP contribution < -0.4 is 4.74 Å². The third-order valence-electron chi connectivity index (χ3n) is 2.54. The van der Waals surface area contributed by atoms with Gasteiger partial charge in [-0.15, -0.1) is 11.6 Å². The molecule has 0 bridgehead atoms. The molecule has 0 N–H and O–H groups in total. The van der Waals surface area contributed by atoms with E-state index in [0.717, 1.165) is 37.5 Å². The molecule has 0 radical (unpaired) electrons. The number of hydrogen-bond acceptors (Lipinski definition) is 1. The third-order valence-corrected chi connectivity index (χ3v) is 2.81. The molecule has 2 heteroatoms. The first-order valence-corrected chi connectivity index (χ1v) is 6.68. The Morgan fingerprint density at radius 3 is 2.44 bits per heavy atom. The normalized spacial score (nSPS) is 10.4. The molecular weight excluding hydrogens is 220 g/mol. The molecule has 0 saturated carbocycles. The minimum absolute atomic E-state index is 0.731. The molecule has 0 unspecified atom stereocenters. The molecule has 0 fully saturated rings. The van der Waals surface area contributed by atoms with Gasteiger partial charge in [-0.3, -0.25) is 0 Å². The average molecular weight is 241 g/mol. The van der Waals surface area contributed by atoms with Gasteiger partial charge in [-0.25, -0.2) is 0 Å². The van der Waals surface area contributed by atoms with Gasteiger partial charge in [-0.2, -0.15) is 0 Å². The van der Waals surface area contributed by atoms with Crippen LogP contribution >= 0.6 is 11.6 Å². The Balaban J connectivity index is 2.27. The third kappa shape index (κ3) is 5.41. The number of aryl methyl sites for hydroxylation is 1. The fraction of sp³-hybridized carbons (Fsp3) is 0.571. The van der Waals surface area contributed by atoms with Crippen molar-refractivity contribution in [3.8, 4) is 5.75 Å². The summed E-state index contributed by atoms with van der Waals surface area (Å²) >= 11 is 5.66. The summed E-state index contributed by atoms with van der Waals surface area (Å²) in [7, 11) is 0. The van der Waals surface area contributed by atoms with E-state index < -0.39 is 0 Å². The maximum Gasteiger partial charge on any atom is 0.119 e. The lowest BCUT2D eigenvalue weighted by atomic mass is 10.1. The largest absolute Gasteiger partial charge is 0.494 e. The van der Waals surface area contributed by atoms with Crippen molar-refractivity contribution >= 4 is 11.6 Å². The van der Waals surface area contributed by atoms with Crippen molar-refractivity contribution in [1.82, 2.24) is 0 Å². The summed E-state index contributed by atoms with van der Waals surface area (Å²) in [5, 5.41) is 0. The zero-order chi connectivity index (χ0) is 11.6. The first-order chi connectivity index (χ1) is 7.86. The molecule has 0 aliphatic heterocycles. The molecule has 0 aliphatic rings. The number of unbranched alkanes of at least 4 members (excludes halogenated alkanes) is 2. The summed E-state index contributed by atoms with van der Waals surface area (Å²) in [5.41, 5.74) is 1.33. The summed E-state index contributed by atoms with van der Waals surface area (Å²) in [6.07, 6.45) is 5.72. The van der Waals surface area contributed by atoms with Crippen LogP contribution in [0.5, 0.6) is 5.75 Å². The highest BCUT2D eigenvalue weighted by atomic mass is 35.5. The Morgan fingerprint density at radius 1 is 1.06 bits per heavy atom. The quantitative estimate of drug-likeness (QED) is 0.483. The highest BCUT2D eigenvalue weighted by molar-refractivity contribution is 6.17. The Labute approximate surface area is 104 Å². The highest BCUT2D eigenvalue weighted by Gasteiger charge is 1.95. The van der Waals surface area contributed by atoms with E-state index in [2.05, 4.69) is 31.2 Å². The zero-order valence-corrected chi connectivity index (χ0v) is 10.8. The second-order valence-corrected chi connectivity index (χ2v) is 4.37. The summed E-state index contributed by atoms with van der Waals surface area (Å²) < 4.78 is 5.64. The fourth-order valence-corrected chi connectivity index (χ4v) is 1.70. The highest BCUT2D eigenvalue weighted by Crippen LogP contribution is 2.14. The lowest BCUT2D eigenvalue weighted by Crippen LogP contribution is -1.97. The number of ether oxygens (including phenoxy) is 1. The summed E-state index contributed by atoms with van der Waals surface area (Å²) in [6.45, 7) is 3.03. The number of alkyl halides is 1. The van der Waals surface area contributed by atoms with Crippen LogP contribution in [0.15, 0.2) is 24.3 Å². The molecular formula is C14H21ClO. The number of hydrogen-bond donors (Lipinski definition) is 0. The van der Waals surface area contributed by atoms with E-state index in [1.54, 1.807) is 0 Å². The summed E-state index contributed by atoms with van der Waals surface area (Å²) in [5.74, 6) is 1.71. The van der Waals surface area contributed by atoms with E-state index in [1.807, 2.05) is 0 Å². The smallest absolute Gasteiger partial charge is 0.119 e. The minimum atomic E-state index is 0.731. The van der Waals surface area contributed by atoms with E-state index in [1.165, 1.54) is 18.4 Å². The van der Waals surface area contributed by atoms with Crippen LogP contribution in [0.25, 0.3) is 0 Å². The van der Waals surface area contributed by atoms with Crippen LogP contribution in [-0.4, -0.2) is 12.5 Å². The molecule has 0 aromatic heterocycles. The van der Waals surface area contributed by atoms with E-state index in [0.29, 0.717) is 0 Å². The molecule has 0 heterocycles. The van der Waals surface area contributed by atoms with Crippen LogP contribution in [0.1, 0.15) is 38.2 Å². The van der Waals surface area contributed by atoms with Gasteiger partial charge in [0.2, 0.25) is 0 Å². The summed E-state index contributed by atoms with van der Waals surface area (Å²) in [6, 6.07) is 8.36. The molecule has 0 atom stereocenters. The van der Waals surface area contributed by atoms with E-state index in [4.69, 9.17) is 16.3 Å². The maximum absolute atomic E-state index is 5.66. The lowest BCUT2D eigenvalue weighted by molar-refractivity contribution is 0.306. The number of rotatable bonds is 8. The van der Waals surface area contributed by atoms with E-state index in [9.17, 15) is 0 Å². The number of halogens is 1. The molecule has 16 heavy (non-hydrogen) atoms. The van der Waals surface area contributed by atoms with Crippen LogP contribution in [-0.2, 0) is 6.42 Å². The molecule has 0 spiro atoms. The van der Waals surface area contributed by atoms with Crippen molar-refractivity contribution in [3.63, 3.8) is 0 Å². The standard InChI is InChI=1S/C14H21ClO/c1-2-3-4-12-16-14-9-7-13(8-10-14)6-5-11-15/h7-10H,2-6,11-12H2,1H3. The molecule has 0 amide bonds. The van der Waals surface area contributed by atoms with Gasteiger partial charge < -0.3 is 4.74 Å².